The zero-order valence-corrected chi connectivity index (χ0v) is 11.6. The third-order valence-electron chi connectivity index (χ3n) is 2.36. The molecule has 90 valence electrons. The van der Waals surface area contributed by atoms with E-state index in [1.165, 1.54) is 0 Å². The number of hydrogen-bond donors (Lipinski definition) is 1. The molecule has 16 heavy (non-hydrogen) atoms. The normalized spacial score (nSPS) is 12.8. The quantitative estimate of drug-likeness (QED) is 0.793. The molecule has 0 aliphatic carbocycles. The van der Waals surface area contributed by atoms with E-state index < -0.39 is 0 Å². The van der Waals surface area contributed by atoms with Crippen LogP contribution in [0, 0.1) is 0 Å². The minimum Gasteiger partial charge on any atom is -0.393 e. The predicted octanol–water partition coefficient (Wildman–Crippen LogP) is 4.04. The maximum Gasteiger partial charge on any atom is 0.0581 e. The molecule has 0 spiro atoms. The van der Waals surface area contributed by atoms with E-state index in [9.17, 15) is 5.11 Å². The third kappa shape index (κ3) is 4.96. The minimum atomic E-state index is -0.314. The summed E-state index contributed by atoms with van der Waals surface area (Å²) in [5.74, 6) is 1.09. The monoisotopic (exact) mass is 278 g/mol. The predicted molar refractivity (Wildman–Crippen MR) is 73.8 cm³/mol. The molecule has 0 fully saturated rings. The van der Waals surface area contributed by atoms with Crippen LogP contribution in [0.4, 0.5) is 0 Å². The first-order valence-corrected chi connectivity index (χ1v) is 7.39. The topological polar surface area (TPSA) is 20.2 Å². The van der Waals surface area contributed by atoms with Gasteiger partial charge in [-0.1, -0.05) is 29.3 Å². The molecular formula is C12H16Cl2OS. The van der Waals surface area contributed by atoms with Crippen molar-refractivity contribution in [2.45, 2.75) is 25.4 Å². The molecule has 1 rings (SSSR count). The molecule has 0 radical (unpaired) electrons. The van der Waals surface area contributed by atoms with Crippen LogP contribution in [0.25, 0.3) is 0 Å². The van der Waals surface area contributed by atoms with Crippen molar-refractivity contribution in [3.63, 3.8) is 0 Å². The van der Waals surface area contributed by atoms with Gasteiger partial charge in [-0.05, 0) is 49.0 Å². The summed E-state index contributed by atoms with van der Waals surface area (Å²) in [5.41, 5.74) is 0.961. The lowest BCUT2D eigenvalue weighted by atomic mass is 10.0. The summed E-state index contributed by atoms with van der Waals surface area (Å²) in [6, 6.07) is 5.40. The number of rotatable bonds is 6. The van der Waals surface area contributed by atoms with Gasteiger partial charge < -0.3 is 5.11 Å². The molecule has 0 saturated carbocycles. The second-order valence-electron chi connectivity index (χ2n) is 3.73. The number of halogens is 2. The first-order valence-electron chi connectivity index (χ1n) is 5.24. The van der Waals surface area contributed by atoms with E-state index in [2.05, 4.69) is 6.26 Å². The standard InChI is InChI=1S/C12H16Cl2OS/c1-16-6-2-3-11(15)7-9-4-5-10(13)8-12(9)14/h4-5,8,11,15H,2-3,6-7H2,1H3. The highest BCUT2D eigenvalue weighted by Crippen LogP contribution is 2.22. The Labute approximate surface area is 111 Å². The van der Waals surface area contributed by atoms with Crippen LogP contribution in [0.5, 0.6) is 0 Å². The van der Waals surface area contributed by atoms with Gasteiger partial charge in [0.15, 0.2) is 0 Å². The number of thioether (sulfide) groups is 1. The van der Waals surface area contributed by atoms with E-state index in [0.29, 0.717) is 16.5 Å². The molecule has 1 N–H and O–H groups in total. The van der Waals surface area contributed by atoms with Gasteiger partial charge in [0, 0.05) is 10.0 Å². The molecule has 0 aromatic heterocycles. The first kappa shape index (κ1) is 14.2. The van der Waals surface area contributed by atoms with Gasteiger partial charge in [-0.15, -0.1) is 0 Å². The molecule has 0 aliphatic heterocycles. The Morgan fingerprint density at radius 3 is 2.75 bits per heavy atom. The number of aliphatic hydroxyl groups is 1. The highest BCUT2D eigenvalue weighted by Gasteiger charge is 2.08. The van der Waals surface area contributed by atoms with E-state index in [-0.39, 0.29) is 6.10 Å². The van der Waals surface area contributed by atoms with Gasteiger partial charge in [-0.25, -0.2) is 0 Å². The van der Waals surface area contributed by atoms with Crippen molar-refractivity contribution in [1.29, 1.82) is 0 Å². The van der Waals surface area contributed by atoms with Crippen molar-refractivity contribution in [2.75, 3.05) is 12.0 Å². The van der Waals surface area contributed by atoms with Gasteiger partial charge in [0.25, 0.3) is 0 Å². The minimum absolute atomic E-state index is 0.314. The van der Waals surface area contributed by atoms with Crippen LogP contribution in [0.3, 0.4) is 0 Å². The van der Waals surface area contributed by atoms with Crippen LogP contribution in [0.15, 0.2) is 18.2 Å². The Balaban J connectivity index is 2.46. The van der Waals surface area contributed by atoms with Gasteiger partial charge in [0.1, 0.15) is 0 Å². The molecule has 1 unspecified atom stereocenters. The van der Waals surface area contributed by atoms with Crippen LogP contribution in [-0.4, -0.2) is 23.2 Å². The SMILES string of the molecule is CSCCCC(O)Cc1ccc(Cl)cc1Cl. The smallest absolute Gasteiger partial charge is 0.0581 e. The van der Waals surface area contributed by atoms with Crippen molar-refractivity contribution < 1.29 is 5.11 Å². The molecule has 0 aliphatic rings. The molecule has 0 saturated heterocycles. The lowest BCUT2D eigenvalue weighted by Crippen LogP contribution is -2.11. The van der Waals surface area contributed by atoms with Crippen LogP contribution in [-0.2, 0) is 6.42 Å². The third-order valence-corrected chi connectivity index (χ3v) is 3.64. The highest BCUT2D eigenvalue weighted by atomic mass is 35.5. The summed E-state index contributed by atoms with van der Waals surface area (Å²) in [7, 11) is 0. The lowest BCUT2D eigenvalue weighted by Gasteiger charge is -2.11. The zero-order chi connectivity index (χ0) is 12.0. The summed E-state index contributed by atoms with van der Waals surface area (Å²) in [6.07, 6.45) is 4.21. The Hall–Kier alpha value is 0.110. The molecule has 1 aromatic carbocycles. The molecular weight excluding hydrogens is 263 g/mol. The molecule has 0 amide bonds. The van der Waals surface area contributed by atoms with Crippen LogP contribution in [0.2, 0.25) is 10.0 Å². The fraction of sp³-hybridized carbons (Fsp3) is 0.500. The molecule has 0 heterocycles. The van der Waals surface area contributed by atoms with Crippen molar-refractivity contribution in [1.82, 2.24) is 0 Å². The average Bonchev–Trinajstić information content (AvgIpc) is 2.23. The summed E-state index contributed by atoms with van der Waals surface area (Å²) in [4.78, 5) is 0. The van der Waals surface area contributed by atoms with E-state index in [1.807, 2.05) is 6.07 Å². The van der Waals surface area contributed by atoms with Crippen molar-refractivity contribution in [3.05, 3.63) is 33.8 Å². The average molecular weight is 279 g/mol. The van der Waals surface area contributed by atoms with Gasteiger partial charge in [0.05, 0.1) is 6.10 Å². The largest absolute Gasteiger partial charge is 0.393 e. The Morgan fingerprint density at radius 1 is 1.38 bits per heavy atom. The van der Waals surface area contributed by atoms with E-state index in [0.717, 1.165) is 24.2 Å². The molecule has 4 heteroatoms. The Bertz CT molecular complexity index is 331. The second kappa shape index (κ2) is 7.44. The van der Waals surface area contributed by atoms with E-state index in [1.54, 1.807) is 23.9 Å². The molecule has 1 aromatic rings. The molecule has 1 atom stereocenters. The van der Waals surface area contributed by atoms with Crippen molar-refractivity contribution >= 4 is 35.0 Å². The Kier molecular flexibility index (Phi) is 6.59. The summed E-state index contributed by atoms with van der Waals surface area (Å²) < 4.78 is 0. The summed E-state index contributed by atoms with van der Waals surface area (Å²) in [5, 5.41) is 11.1. The highest BCUT2D eigenvalue weighted by molar-refractivity contribution is 7.98. The van der Waals surface area contributed by atoms with Gasteiger partial charge in [-0.2, -0.15) is 11.8 Å². The first-order chi connectivity index (χ1) is 7.63. The summed E-state index contributed by atoms with van der Waals surface area (Å²) >= 11 is 13.6. The number of aliphatic hydroxyl groups excluding tert-OH is 1. The fourth-order valence-corrected chi connectivity index (χ4v) is 2.45. The number of hydrogen-bond acceptors (Lipinski definition) is 2. The van der Waals surface area contributed by atoms with Crippen LogP contribution < -0.4 is 0 Å². The van der Waals surface area contributed by atoms with Gasteiger partial charge in [-0.3, -0.25) is 0 Å². The fourth-order valence-electron chi connectivity index (χ4n) is 1.51. The zero-order valence-electron chi connectivity index (χ0n) is 9.25. The second-order valence-corrected chi connectivity index (χ2v) is 5.56. The van der Waals surface area contributed by atoms with Crippen molar-refractivity contribution in [2.24, 2.45) is 0 Å². The molecule has 1 nitrogen and oxygen atoms in total. The maximum atomic E-state index is 9.82. The maximum absolute atomic E-state index is 9.82. The van der Waals surface area contributed by atoms with Crippen LogP contribution >= 0.6 is 35.0 Å². The van der Waals surface area contributed by atoms with Gasteiger partial charge >= 0.3 is 0 Å². The summed E-state index contributed by atoms with van der Waals surface area (Å²) in [6.45, 7) is 0. The lowest BCUT2D eigenvalue weighted by molar-refractivity contribution is 0.164. The molecule has 0 bridgehead atoms. The van der Waals surface area contributed by atoms with E-state index in [4.69, 9.17) is 23.2 Å². The van der Waals surface area contributed by atoms with Crippen LogP contribution in [0.1, 0.15) is 18.4 Å². The van der Waals surface area contributed by atoms with Gasteiger partial charge in [0.2, 0.25) is 0 Å². The van der Waals surface area contributed by atoms with E-state index >= 15 is 0 Å². The van der Waals surface area contributed by atoms with Crippen molar-refractivity contribution in [3.8, 4) is 0 Å². The Morgan fingerprint density at radius 2 is 2.12 bits per heavy atom. The number of benzene rings is 1.